The van der Waals surface area contributed by atoms with Crippen molar-refractivity contribution in [3.8, 4) is 0 Å². The Kier molecular flexibility index (Phi) is 4.60. The minimum Gasteiger partial charge on any atom is -0.463 e. The van der Waals surface area contributed by atoms with E-state index < -0.39 is 23.9 Å². The van der Waals surface area contributed by atoms with E-state index in [9.17, 15) is 14.4 Å². The number of carbonyl (C=O) groups excluding carboxylic acids is 3. The van der Waals surface area contributed by atoms with E-state index in [4.69, 9.17) is 4.74 Å². The van der Waals surface area contributed by atoms with Crippen LogP contribution in [-0.2, 0) is 14.3 Å². The third-order valence-corrected chi connectivity index (χ3v) is 3.40. The largest absolute Gasteiger partial charge is 0.463 e. The number of carbonyl (C=O) groups is 3. The molecule has 0 spiro atoms. The van der Waals surface area contributed by atoms with Gasteiger partial charge < -0.3 is 10.1 Å². The average Bonchev–Trinajstić information content (AvgIpc) is 2.47. The molecule has 22 heavy (non-hydrogen) atoms. The van der Waals surface area contributed by atoms with Crippen LogP contribution in [0.25, 0.3) is 0 Å². The van der Waals surface area contributed by atoms with Crippen molar-refractivity contribution in [1.29, 1.82) is 0 Å². The van der Waals surface area contributed by atoms with E-state index in [-0.39, 0.29) is 12.2 Å². The minimum atomic E-state index is -0.786. The van der Waals surface area contributed by atoms with Crippen LogP contribution in [0, 0.1) is 0 Å². The van der Waals surface area contributed by atoms with Gasteiger partial charge in [-0.1, -0.05) is 30.3 Å². The summed E-state index contributed by atoms with van der Waals surface area (Å²) in [7, 11) is 0. The van der Waals surface area contributed by atoms with Crippen molar-refractivity contribution in [3.63, 3.8) is 0 Å². The molecule has 1 aromatic carbocycles. The zero-order valence-electron chi connectivity index (χ0n) is 12.8. The molecule has 1 aliphatic rings. The molecule has 0 saturated heterocycles. The van der Waals surface area contributed by atoms with Crippen molar-refractivity contribution in [2.75, 3.05) is 6.61 Å². The number of nitrogens with one attached hydrogen (secondary N) is 1. The van der Waals surface area contributed by atoms with Crippen molar-refractivity contribution in [1.82, 2.24) is 10.2 Å². The predicted molar refractivity (Wildman–Crippen MR) is 79.6 cm³/mol. The summed E-state index contributed by atoms with van der Waals surface area (Å²) < 4.78 is 5.08. The molecule has 6 heteroatoms. The first kappa shape index (κ1) is 15.8. The zero-order chi connectivity index (χ0) is 16.3. The maximum Gasteiger partial charge on any atom is 0.338 e. The molecule has 1 aliphatic heterocycles. The highest BCUT2D eigenvalue weighted by Gasteiger charge is 2.40. The molecule has 0 aliphatic carbocycles. The van der Waals surface area contributed by atoms with Gasteiger partial charge in [0.2, 0.25) is 5.91 Å². The summed E-state index contributed by atoms with van der Waals surface area (Å²) in [5.41, 5.74) is 1.34. The van der Waals surface area contributed by atoms with Gasteiger partial charge in [0, 0.05) is 12.6 Å². The molecule has 1 atom stereocenters. The fraction of sp³-hybridized carbons (Fsp3) is 0.312. The van der Waals surface area contributed by atoms with E-state index in [1.165, 1.54) is 6.92 Å². The molecule has 1 aromatic rings. The van der Waals surface area contributed by atoms with Crippen molar-refractivity contribution in [2.45, 2.75) is 26.8 Å². The Bertz CT molecular complexity index is 637. The van der Waals surface area contributed by atoms with E-state index >= 15 is 0 Å². The normalized spacial score (nSPS) is 18.0. The highest BCUT2D eigenvalue weighted by molar-refractivity contribution is 6.01. The van der Waals surface area contributed by atoms with Gasteiger partial charge in [0.15, 0.2) is 0 Å². The van der Waals surface area contributed by atoms with Gasteiger partial charge in [-0.2, -0.15) is 0 Å². The van der Waals surface area contributed by atoms with Gasteiger partial charge in [0.1, 0.15) is 6.04 Å². The molecule has 0 unspecified atom stereocenters. The van der Waals surface area contributed by atoms with E-state index in [1.54, 1.807) is 38.1 Å². The highest BCUT2D eigenvalue weighted by atomic mass is 16.5. The number of allylic oxidation sites excluding steroid dienone is 1. The maximum atomic E-state index is 12.3. The Balaban J connectivity index is 2.60. The molecule has 0 saturated carbocycles. The van der Waals surface area contributed by atoms with Crippen molar-refractivity contribution in [2.24, 2.45) is 0 Å². The number of ether oxygens (including phenoxy) is 1. The second-order valence-electron chi connectivity index (χ2n) is 4.89. The number of amides is 3. The quantitative estimate of drug-likeness (QED) is 0.868. The van der Waals surface area contributed by atoms with Gasteiger partial charge in [-0.3, -0.25) is 9.69 Å². The van der Waals surface area contributed by atoms with Gasteiger partial charge in [0.05, 0.1) is 12.2 Å². The number of rotatable bonds is 3. The number of imide groups is 1. The monoisotopic (exact) mass is 302 g/mol. The van der Waals surface area contributed by atoms with Crippen LogP contribution < -0.4 is 5.32 Å². The van der Waals surface area contributed by atoms with Gasteiger partial charge in [0.25, 0.3) is 0 Å². The fourth-order valence-corrected chi connectivity index (χ4v) is 2.49. The highest BCUT2D eigenvalue weighted by Crippen LogP contribution is 2.34. The molecular weight excluding hydrogens is 284 g/mol. The van der Waals surface area contributed by atoms with Crippen LogP contribution in [0.4, 0.5) is 4.79 Å². The molecular formula is C16H18N2O4. The summed E-state index contributed by atoms with van der Waals surface area (Å²) in [5.74, 6) is -0.985. The van der Waals surface area contributed by atoms with Gasteiger partial charge in [-0.15, -0.1) is 0 Å². The van der Waals surface area contributed by atoms with Crippen molar-refractivity contribution < 1.29 is 19.1 Å². The van der Waals surface area contributed by atoms with Crippen LogP contribution >= 0.6 is 0 Å². The minimum absolute atomic E-state index is 0.213. The molecule has 0 fully saturated rings. The Morgan fingerprint density at radius 1 is 1.27 bits per heavy atom. The lowest BCUT2D eigenvalue weighted by Crippen LogP contribution is -2.50. The maximum absolute atomic E-state index is 12.3. The summed E-state index contributed by atoms with van der Waals surface area (Å²) in [5, 5.41) is 2.54. The fourth-order valence-electron chi connectivity index (χ4n) is 2.49. The van der Waals surface area contributed by atoms with Gasteiger partial charge in [-0.25, -0.2) is 9.59 Å². The molecule has 6 nitrogen and oxygen atoms in total. The first-order valence-electron chi connectivity index (χ1n) is 7.01. The average molecular weight is 302 g/mol. The third kappa shape index (κ3) is 2.86. The number of nitrogens with zero attached hydrogens (tertiary/aromatic N) is 1. The van der Waals surface area contributed by atoms with Crippen LogP contribution in [0.15, 0.2) is 41.6 Å². The summed E-state index contributed by atoms with van der Waals surface area (Å²) in [6, 6.07) is 7.61. The van der Waals surface area contributed by atoms with Crippen LogP contribution in [0.2, 0.25) is 0 Å². The first-order chi connectivity index (χ1) is 10.5. The molecule has 0 bridgehead atoms. The Labute approximate surface area is 128 Å². The standard InChI is InChI=1S/C16H18N2O4/c1-4-22-15(20)13-10(2)17-16(21)18(11(3)19)14(13)12-8-6-5-7-9-12/h5-9,14H,4H2,1-3H3,(H,17,21)/t14-/m1/s1. The van der Waals surface area contributed by atoms with E-state index in [0.29, 0.717) is 11.3 Å². The first-order valence-corrected chi connectivity index (χ1v) is 7.01. The number of hydrogen-bond acceptors (Lipinski definition) is 4. The third-order valence-electron chi connectivity index (χ3n) is 3.40. The smallest absolute Gasteiger partial charge is 0.338 e. The van der Waals surface area contributed by atoms with Crippen LogP contribution in [0.3, 0.4) is 0 Å². The lowest BCUT2D eigenvalue weighted by Gasteiger charge is -2.35. The van der Waals surface area contributed by atoms with E-state index in [2.05, 4.69) is 5.32 Å². The van der Waals surface area contributed by atoms with Crippen LogP contribution in [-0.4, -0.2) is 29.4 Å². The van der Waals surface area contributed by atoms with Gasteiger partial charge >= 0.3 is 12.0 Å². The summed E-state index contributed by atoms with van der Waals surface area (Å²) in [6.07, 6.45) is 0. The molecule has 0 aromatic heterocycles. The lowest BCUT2D eigenvalue weighted by atomic mass is 9.94. The summed E-state index contributed by atoms with van der Waals surface area (Å²) in [6.45, 7) is 4.83. The molecule has 116 valence electrons. The number of hydrogen-bond donors (Lipinski definition) is 1. The summed E-state index contributed by atoms with van der Waals surface area (Å²) >= 11 is 0. The molecule has 3 amide bonds. The number of urea groups is 1. The zero-order valence-corrected chi connectivity index (χ0v) is 12.8. The molecule has 1 N–H and O–H groups in total. The molecule has 0 radical (unpaired) electrons. The van der Waals surface area contributed by atoms with Crippen LogP contribution in [0.1, 0.15) is 32.4 Å². The Morgan fingerprint density at radius 3 is 2.45 bits per heavy atom. The van der Waals surface area contributed by atoms with Crippen molar-refractivity contribution >= 4 is 17.9 Å². The summed E-state index contributed by atoms with van der Waals surface area (Å²) in [4.78, 5) is 37.4. The predicted octanol–water partition coefficient (Wildman–Crippen LogP) is 2.14. The van der Waals surface area contributed by atoms with E-state index in [1.807, 2.05) is 6.07 Å². The van der Waals surface area contributed by atoms with E-state index in [0.717, 1.165) is 4.90 Å². The SMILES string of the molecule is CCOC(=O)C1=C(C)NC(=O)N(C(C)=O)[C@@H]1c1ccccc1. The molecule has 2 rings (SSSR count). The molecule has 1 heterocycles. The Morgan fingerprint density at radius 2 is 1.91 bits per heavy atom. The van der Waals surface area contributed by atoms with Gasteiger partial charge in [-0.05, 0) is 19.4 Å². The van der Waals surface area contributed by atoms with Crippen LogP contribution in [0.5, 0.6) is 0 Å². The number of esters is 1. The lowest BCUT2D eigenvalue weighted by molar-refractivity contribution is -0.139. The second-order valence-corrected chi connectivity index (χ2v) is 4.89. The topological polar surface area (TPSA) is 75.7 Å². The number of benzene rings is 1. The second kappa shape index (κ2) is 6.43. The Hall–Kier alpha value is -2.63. The van der Waals surface area contributed by atoms with Crippen molar-refractivity contribution in [3.05, 3.63) is 47.2 Å².